The molecule has 11 heteroatoms. The molecule has 0 fully saturated rings. The van der Waals surface area contributed by atoms with Crippen molar-refractivity contribution in [3.63, 3.8) is 0 Å². The summed E-state index contributed by atoms with van der Waals surface area (Å²) in [6.45, 7) is 0.768. The number of methoxy groups -OCH3 is 2. The van der Waals surface area contributed by atoms with E-state index in [0.29, 0.717) is 56.9 Å². The van der Waals surface area contributed by atoms with E-state index in [1.165, 1.54) is 13.2 Å². The van der Waals surface area contributed by atoms with Gasteiger partial charge in [0.2, 0.25) is 0 Å². The minimum absolute atomic E-state index is 0.0536. The molecule has 40 heavy (non-hydrogen) atoms. The molecule has 0 saturated carbocycles. The van der Waals surface area contributed by atoms with Gasteiger partial charge in [0.1, 0.15) is 16.4 Å². The van der Waals surface area contributed by atoms with Crippen LogP contribution in [0.1, 0.15) is 10.4 Å². The summed E-state index contributed by atoms with van der Waals surface area (Å²) in [5, 5.41) is 6.92. The van der Waals surface area contributed by atoms with E-state index in [-0.39, 0.29) is 16.6 Å². The Morgan fingerprint density at radius 2 is 1.60 bits per heavy atom. The molecular formula is C29H27Cl2N3O5S. The van der Waals surface area contributed by atoms with Gasteiger partial charge in [-0.3, -0.25) is 9.52 Å². The average molecular weight is 601 g/mol. The van der Waals surface area contributed by atoms with E-state index < -0.39 is 10.0 Å². The number of ether oxygens (including phenoxy) is 2. The summed E-state index contributed by atoms with van der Waals surface area (Å²) in [4.78, 5) is 12.3. The van der Waals surface area contributed by atoms with Gasteiger partial charge in [-0.2, -0.15) is 0 Å². The highest BCUT2D eigenvalue weighted by Crippen LogP contribution is 2.35. The van der Waals surface area contributed by atoms with Gasteiger partial charge >= 0.3 is 0 Å². The van der Waals surface area contributed by atoms with E-state index in [1.807, 2.05) is 0 Å². The van der Waals surface area contributed by atoms with Crippen LogP contribution in [-0.2, 0) is 10.0 Å². The van der Waals surface area contributed by atoms with Gasteiger partial charge in [-0.25, -0.2) is 8.42 Å². The van der Waals surface area contributed by atoms with Crippen molar-refractivity contribution in [2.24, 2.45) is 0 Å². The summed E-state index contributed by atoms with van der Waals surface area (Å²) in [6.07, 6.45) is 0. The second kappa shape index (κ2) is 13.0. The molecule has 0 aliphatic heterocycles. The smallest absolute Gasteiger partial charge is 0.265 e. The summed E-state index contributed by atoms with van der Waals surface area (Å²) in [6, 6.07) is 23.4. The number of benzene rings is 4. The van der Waals surface area contributed by atoms with Gasteiger partial charge in [0.25, 0.3) is 15.9 Å². The van der Waals surface area contributed by atoms with E-state index in [4.69, 9.17) is 32.7 Å². The Bertz CT molecular complexity index is 1630. The van der Waals surface area contributed by atoms with Gasteiger partial charge in [-0.1, -0.05) is 41.4 Å². The largest absolute Gasteiger partial charge is 0.497 e. The molecule has 0 aliphatic carbocycles. The number of nitrogens with one attached hydrogen (secondary N) is 3. The number of halogens is 2. The van der Waals surface area contributed by atoms with E-state index in [1.54, 1.807) is 86.0 Å². The van der Waals surface area contributed by atoms with Crippen molar-refractivity contribution in [2.45, 2.75) is 4.90 Å². The van der Waals surface area contributed by atoms with E-state index in [9.17, 15) is 13.2 Å². The summed E-state index contributed by atoms with van der Waals surface area (Å²) < 4.78 is 39.9. The number of anilines is 2. The standard InChI is InChI=1S/C29H27Cl2N3O5S/c1-38-24-8-3-5-20(15-24)29(35)33-14-13-32-22-6-4-7-23(18-22)34-40(36,37)28-16-19(9-12-27(28)39-2)25-17-21(30)10-11-26(25)31/h3-12,15-18,32,34H,13-14H2,1-2H3,(H,33,35). The zero-order valence-electron chi connectivity index (χ0n) is 21.7. The molecule has 208 valence electrons. The third kappa shape index (κ3) is 7.18. The van der Waals surface area contributed by atoms with E-state index in [2.05, 4.69) is 15.4 Å². The Kier molecular flexibility index (Phi) is 9.42. The minimum Gasteiger partial charge on any atom is -0.497 e. The van der Waals surface area contributed by atoms with Crippen LogP contribution in [0.5, 0.6) is 11.5 Å². The number of carbonyl (C=O) groups is 1. The van der Waals surface area contributed by atoms with Gasteiger partial charge in [-0.15, -0.1) is 0 Å². The predicted octanol–water partition coefficient (Wildman–Crippen LogP) is 6.32. The first-order chi connectivity index (χ1) is 19.2. The van der Waals surface area contributed by atoms with Crippen LogP contribution in [0.2, 0.25) is 10.0 Å². The molecule has 4 aromatic carbocycles. The summed E-state index contributed by atoms with van der Waals surface area (Å²) >= 11 is 12.5. The van der Waals surface area contributed by atoms with Crippen molar-refractivity contribution in [1.29, 1.82) is 0 Å². The van der Waals surface area contributed by atoms with Crippen molar-refractivity contribution in [1.82, 2.24) is 5.32 Å². The molecule has 0 aliphatic rings. The SMILES string of the molecule is COc1cccc(C(=O)NCCNc2cccc(NS(=O)(=O)c3cc(-c4cc(Cl)ccc4Cl)ccc3OC)c2)c1. The maximum atomic E-state index is 13.4. The van der Waals surface area contributed by atoms with Gasteiger partial charge in [0, 0.05) is 39.9 Å². The van der Waals surface area contributed by atoms with Crippen molar-refractivity contribution >= 4 is 50.5 Å². The fourth-order valence-electron chi connectivity index (χ4n) is 3.92. The maximum Gasteiger partial charge on any atom is 0.265 e. The van der Waals surface area contributed by atoms with Crippen LogP contribution in [-0.4, -0.2) is 41.6 Å². The lowest BCUT2D eigenvalue weighted by Crippen LogP contribution is -2.28. The maximum absolute atomic E-state index is 13.4. The molecular weight excluding hydrogens is 573 g/mol. The van der Waals surface area contributed by atoms with E-state index in [0.717, 1.165) is 0 Å². The first-order valence-corrected chi connectivity index (χ1v) is 14.4. The first-order valence-electron chi connectivity index (χ1n) is 12.1. The second-order valence-corrected chi connectivity index (χ2v) is 11.1. The molecule has 0 spiro atoms. The quantitative estimate of drug-likeness (QED) is 0.174. The molecule has 1 amide bonds. The van der Waals surface area contributed by atoms with E-state index >= 15 is 0 Å². The fourth-order valence-corrected chi connectivity index (χ4v) is 5.57. The van der Waals surface area contributed by atoms with Crippen LogP contribution in [0, 0.1) is 0 Å². The highest BCUT2D eigenvalue weighted by atomic mass is 35.5. The van der Waals surface area contributed by atoms with Gasteiger partial charge in [0.15, 0.2) is 0 Å². The molecule has 3 N–H and O–H groups in total. The summed E-state index contributed by atoms with van der Waals surface area (Å²) in [5.74, 6) is 0.551. The molecule has 0 atom stereocenters. The normalized spacial score (nSPS) is 11.0. The van der Waals surface area contributed by atoms with Gasteiger partial charge in [0.05, 0.1) is 19.9 Å². The molecule has 0 unspecified atom stereocenters. The Balaban J connectivity index is 1.44. The Labute approximate surface area is 243 Å². The number of hydrogen-bond donors (Lipinski definition) is 3. The molecule has 0 aromatic heterocycles. The Morgan fingerprint density at radius 3 is 2.38 bits per heavy atom. The van der Waals surface area contributed by atoms with Crippen LogP contribution >= 0.6 is 23.2 Å². The zero-order chi connectivity index (χ0) is 28.7. The molecule has 4 aromatic rings. The Morgan fingerprint density at radius 1 is 0.825 bits per heavy atom. The molecule has 0 radical (unpaired) electrons. The van der Waals surface area contributed by atoms with Crippen molar-refractivity contribution in [3.05, 3.63) is 101 Å². The van der Waals surface area contributed by atoms with Crippen molar-refractivity contribution < 1.29 is 22.7 Å². The zero-order valence-corrected chi connectivity index (χ0v) is 24.0. The second-order valence-electron chi connectivity index (χ2n) is 8.59. The lowest BCUT2D eigenvalue weighted by Gasteiger charge is -2.15. The minimum atomic E-state index is -4.05. The third-order valence-corrected chi connectivity index (χ3v) is 7.85. The predicted molar refractivity (Wildman–Crippen MR) is 160 cm³/mol. The third-order valence-electron chi connectivity index (χ3n) is 5.88. The highest BCUT2D eigenvalue weighted by molar-refractivity contribution is 7.92. The number of rotatable bonds is 11. The molecule has 4 rings (SSSR count). The van der Waals surface area contributed by atoms with Crippen LogP contribution in [0.15, 0.2) is 89.8 Å². The number of hydrogen-bond acceptors (Lipinski definition) is 6. The fraction of sp³-hybridized carbons (Fsp3) is 0.138. The Hall–Kier alpha value is -3.92. The van der Waals surface area contributed by atoms with Crippen molar-refractivity contribution in [2.75, 3.05) is 37.3 Å². The van der Waals surface area contributed by atoms with Gasteiger partial charge in [-0.05, 0) is 72.3 Å². The number of sulfonamides is 1. The lowest BCUT2D eigenvalue weighted by molar-refractivity contribution is 0.0955. The first kappa shape index (κ1) is 29.1. The summed E-state index contributed by atoms with van der Waals surface area (Å²) in [7, 11) is -1.10. The highest BCUT2D eigenvalue weighted by Gasteiger charge is 2.21. The van der Waals surface area contributed by atoms with Crippen LogP contribution in [0.3, 0.4) is 0 Å². The van der Waals surface area contributed by atoms with Gasteiger partial charge < -0.3 is 20.1 Å². The summed E-state index contributed by atoms with van der Waals surface area (Å²) in [5.41, 5.74) is 2.67. The molecule has 0 saturated heterocycles. The van der Waals surface area contributed by atoms with Crippen molar-refractivity contribution in [3.8, 4) is 22.6 Å². The number of amides is 1. The molecule has 0 heterocycles. The molecule has 8 nitrogen and oxygen atoms in total. The lowest BCUT2D eigenvalue weighted by atomic mass is 10.1. The van der Waals surface area contributed by atoms with Crippen LogP contribution in [0.25, 0.3) is 11.1 Å². The number of carbonyl (C=O) groups excluding carboxylic acids is 1. The monoisotopic (exact) mass is 599 g/mol. The van der Waals surface area contributed by atoms with Crippen LogP contribution < -0.4 is 24.8 Å². The topological polar surface area (TPSA) is 106 Å². The molecule has 0 bridgehead atoms. The van der Waals surface area contributed by atoms with Crippen LogP contribution in [0.4, 0.5) is 11.4 Å². The average Bonchev–Trinajstić information content (AvgIpc) is 2.96.